The summed E-state index contributed by atoms with van der Waals surface area (Å²) in [4.78, 5) is 12.0. The summed E-state index contributed by atoms with van der Waals surface area (Å²) in [6.07, 6.45) is -2.70. The van der Waals surface area contributed by atoms with Crippen LogP contribution in [0, 0.1) is 40.4 Å². The first kappa shape index (κ1) is 21.5. The molecule has 1 N–H and O–H groups in total. The molecule has 4 fully saturated rings. The predicted molar refractivity (Wildman–Crippen MR) is 97.2 cm³/mol. The molecule has 0 radical (unpaired) electrons. The van der Waals surface area contributed by atoms with Crippen LogP contribution in [-0.4, -0.2) is 28.6 Å². The number of ketones is 1. The minimum Gasteiger partial charge on any atom is -0.383 e. The lowest BCUT2D eigenvalue weighted by molar-refractivity contribution is -0.364. The number of halogens is 5. The molecule has 0 saturated heterocycles. The summed E-state index contributed by atoms with van der Waals surface area (Å²) >= 11 is 0. The molecular formula is C22H31F5O2. The third kappa shape index (κ3) is 2.58. The summed E-state index contributed by atoms with van der Waals surface area (Å²) in [5, 5.41) is 10.9. The van der Waals surface area contributed by atoms with Gasteiger partial charge in [0.25, 0.3) is 0 Å². The van der Waals surface area contributed by atoms with Gasteiger partial charge in [-0.3, -0.25) is 4.79 Å². The molecule has 0 aromatic carbocycles. The zero-order valence-electron chi connectivity index (χ0n) is 17.3. The molecule has 0 heterocycles. The second-order valence-electron chi connectivity index (χ2n) is 10.9. The zero-order chi connectivity index (χ0) is 21.6. The van der Waals surface area contributed by atoms with Gasteiger partial charge in [-0.05, 0) is 73.5 Å². The van der Waals surface area contributed by atoms with Gasteiger partial charge in [-0.2, -0.15) is 22.0 Å². The highest BCUT2D eigenvalue weighted by atomic mass is 19.4. The molecule has 0 aromatic heterocycles. The van der Waals surface area contributed by atoms with Crippen LogP contribution in [-0.2, 0) is 4.79 Å². The number of alkyl halides is 5. The number of hydrogen-bond donors (Lipinski definition) is 1. The van der Waals surface area contributed by atoms with Crippen LogP contribution in [0.2, 0.25) is 0 Å². The van der Waals surface area contributed by atoms with Crippen LogP contribution in [0.1, 0.15) is 72.1 Å². The Morgan fingerprint density at radius 1 is 1.00 bits per heavy atom. The van der Waals surface area contributed by atoms with Crippen LogP contribution in [0.3, 0.4) is 0 Å². The molecule has 0 amide bonds. The highest BCUT2D eigenvalue weighted by molar-refractivity contribution is 5.79. The van der Waals surface area contributed by atoms with Crippen molar-refractivity contribution in [3.05, 3.63) is 0 Å². The monoisotopic (exact) mass is 422 g/mol. The largest absolute Gasteiger partial charge is 0.456 e. The van der Waals surface area contributed by atoms with E-state index in [2.05, 4.69) is 13.8 Å². The van der Waals surface area contributed by atoms with Crippen LogP contribution >= 0.6 is 0 Å². The fraction of sp³-hybridized carbons (Fsp3) is 0.955. The molecule has 4 aliphatic carbocycles. The van der Waals surface area contributed by atoms with Crippen molar-refractivity contribution in [2.75, 3.05) is 0 Å². The van der Waals surface area contributed by atoms with E-state index in [1.165, 1.54) is 6.92 Å². The Bertz CT molecular complexity index is 706. The van der Waals surface area contributed by atoms with Gasteiger partial charge in [0, 0.05) is 18.3 Å². The minimum absolute atomic E-state index is 0.0151. The van der Waals surface area contributed by atoms with E-state index in [0.29, 0.717) is 19.3 Å². The van der Waals surface area contributed by atoms with E-state index >= 15 is 0 Å². The Hall–Kier alpha value is -0.720. The number of carbonyl (C=O) groups is 1. The Morgan fingerprint density at radius 3 is 2.24 bits per heavy atom. The van der Waals surface area contributed by atoms with Crippen molar-refractivity contribution in [3.8, 4) is 0 Å². The number of aliphatic hydroxyl groups is 1. The third-order valence-corrected chi connectivity index (χ3v) is 9.87. The van der Waals surface area contributed by atoms with E-state index in [1.807, 2.05) is 0 Å². The maximum atomic E-state index is 14.5. The van der Waals surface area contributed by atoms with Gasteiger partial charge < -0.3 is 5.11 Å². The summed E-state index contributed by atoms with van der Waals surface area (Å²) < 4.78 is 68.8. The topological polar surface area (TPSA) is 37.3 Å². The molecule has 29 heavy (non-hydrogen) atoms. The molecule has 0 spiro atoms. The van der Waals surface area contributed by atoms with E-state index in [1.54, 1.807) is 0 Å². The first-order valence-electron chi connectivity index (χ1n) is 10.9. The average molecular weight is 422 g/mol. The van der Waals surface area contributed by atoms with Gasteiger partial charge >= 0.3 is 12.1 Å². The molecule has 8 atom stereocenters. The maximum absolute atomic E-state index is 14.5. The predicted octanol–water partition coefficient (Wildman–Crippen LogP) is 5.77. The lowest BCUT2D eigenvalue weighted by Crippen LogP contribution is -2.66. The molecule has 2 nitrogen and oxygen atoms in total. The van der Waals surface area contributed by atoms with Crippen LogP contribution in [0.25, 0.3) is 0 Å². The van der Waals surface area contributed by atoms with Crippen LogP contribution in [0.5, 0.6) is 0 Å². The van der Waals surface area contributed by atoms with Gasteiger partial charge in [-0.15, -0.1) is 0 Å². The Labute approximate surface area is 168 Å². The molecule has 3 unspecified atom stereocenters. The average Bonchev–Trinajstić information content (AvgIpc) is 2.88. The van der Waals surface area contributed by atoms with Crippen molar-refractivity contribution in [3.63, 3.8) is 0 Å². The minimum atomic E-state index is -5.77. The highest BCUT2D eigenvalue weighted by Crippen LogP contribution is 2.71. The first-order valence-corrected chi connectivity index (χ1v) is 10.9. The molecular weight excluding hydrogens is 391 g/mol. The van der Waals surface area contributed by atoms with Gasteiger partial charge in [0.05, 0.1) is 0 Å². The number of fused-ring (bicyclic) bond motifs is 5. The van der Waals surface area contributed by atoms with Crippen molar-refractivity contribution in [2.24, 2.45) is 40.4 Å². The van der Waals surface area contributed by atoms with Gasteiger partial charge in [0.2, 0.25) is 0 Å². The number of rotatable bonds is 1. The van der Waals surface area contributed by atoms with Gasteiger partial charge in [0.1, 0.15) is 11.4 Å². The molecule has 0 aromatic rings. The third-order valence-electron chi connectivity index (χ3n) is 9.87. The fourth-order valence-corrected chi connectivity index (χ4v) is 8.20. The van der Waals surface area contributed by atoms with Crippen LogP contribution in [0.4, 0.5) is 22.0 Å². The molecule has 4 rings (SSSR count). The summed E-state index contributed by atoms with van der Waals surface area (Å²) in [6, 6.07) is 0. The van der Waals surface area contributed by atoms with Gasteiger partial charge in [-0.25, -0.2) is 0 Å². The van der Waals surface area contributed by atoms with Crippen molar-refractivity contribution < 1.29 is 31.9 Å². The smallest absolute Gasteiger partial charge is 0.383 e. The molecule has 4 saturated carbocycles. The molecule has 166 valence electrons. The summed E-state index contributed by atoms with van der Waals surface area (Å²) in [5.74, 6) is -4.57. The van der Waals surface area contributed by atoms with E-state index in [-0.39, 0.29) is 53.6 Å². The van der Waals surface area contributed by atoms with Gasteiger partial charge in [-0.1, -0.05) is 20.8 Å². The molecule has 7 heteroatoms. The normalized spacial score (nSPS) is 50.7. The second-order valence-corrected chi connectivity index (χ2v) is 10.9. The van der Waals surface area contributed by atoms with Crippen LogP contribution < -0.4 is 0 Å². The summed E-state index contributed by atoms with van der Waals surface area (Å²) in [6.45, 7) is 5.72. The van der Waals surface area contributed by atoms with E-state index in [9.17, 15) is 31.9 Å². The van der Waals surface area contributed by atoms with E-state index in [0.717, 1.165) is 12.8 Å². The second kappa shape index (κ2) is 6.17. The Kier molecular flexibility index (Phi) is 4.57. The highest BCUT2D eigenvalue weighted by Gasteiger charge is 2.79. The van der Waals surface area contributed by atoms with Crippen molar-refractivity contribution in [1.82, 2.24) is 0 Å². The maximum Gasteiger partial charge on any atom is 0.456 e. The van der Waals surface area contributed by atoms with Crippen molar-refractivity contribution in [1.29, 1.82) is 0 Å². The first-order chi connectivity index (χ1) is 13.2. The van der Waals surface area contributed by atoms with E-state index in [4.69, 9.17) is 0 Å². The summed E-state index contributed by atoms with van der Waals surface area (Å²) in [5.41, 5.74) is -4.59. The van der Waals surface area contributed by atoms with Crippen molar-refractivity contribution in [2.45, 2.75) is 89.8 Å². The standard InChI is InChI=1S/C22H31F5O2/c1-12-10-13-11-14(28)4-7-18(13,2)15-5-8-19(3)16(17(12)15)6-9-20(19,29)21(23,24)22(25,26)27/h12-13,15-17,29H,4-11H2,1-3H3/t12?,13?,15-,16+,17-,18+,19+,20?/m1/s1. The van der Waals surface area contributed by atoms with Gasteiger partial charge in [0.15, 0.2) is 0 Å². The van der Waals surface area contributed by atoms with Crippen LogP contribution in [0.15, 0.2) is 0 Å². The molecule has 0 aliphatic heterocycles. The summed E-state index contributed by atoms with van der Waals surface area (Å²) in [7, 11) is 0. The van der Waals surface area contributed by atoms with Crippen molar-refractivity contribution >= 4 is 5.78 Å². The lowest BCUT2D eigenvalue weighted by atomic mass is 9.42. The number of hydrogen-bond acceptors (Lipinski definition) is 2. The molecule has 0 bridgehead atoms. The Morgan fingerprint density at radius 2 is 1.62 bits per heavy atom. The zero-order valence-corrected chi connectivity index (χ0v) is 17.3. The number of Topliss-reactive ketones (excluding diaryl/α,β-unsaturated/α-hetero) is 1. The van der Waals surface area contributed by atoms with E-state index < -0.39 is 29.5 Å². The Balaban J connectivity index is 1.71. The number of carbonyl (C=O) groups excluding carboxylic acids is 1. The fourth-order valence-electron chi connectivity index (χ4n) is 8.20. The SMILES string of the molecule is CC1CC2CC(=O)CC[C@]2(C)[C@@H]2CC[C@@]3(C)[C@@H](CCC3(O)C(F)(F)C(F)(F)F)[C@H]12. The molecule has 4 aliphatic rings. The quantitative estimate of drug-likeness (QED) is 0.545. The lowest BCUT2D eigenvalue weighted by Gasteiger charge is -2.63.